The topological polar surface area (TPSA) is 39.6 Å². The minimum absolute atomic E-state index is 0.451. The summed E-state index contributed by atoms with van der Waals surface area (Å²) >= 11 is 0. The van der Waals surface area contributed by atoms with Crippen LogP contribution in [0.15, 0.2) is 18.3 Å². The average Bonchev–Trinajstić information content (AvgIpc) is 2.98. The number of nitrogens with zero attached hydrogens (tertiary/aromatic N) is 3. The van der Waals surface area contributed by atoms with Crippen molar-refractivity contribution < 1.29 is 5.11 Å². The van der Waals surface area contributed by atoms with Gasteiger partial charge in [-0.3, -0.25) is 4.90 Å². The fourth-order valence-electron chi connectivity index (χ4n) is 3.52. The second-order valence-corrected chi connectivity index (χ2v) is 6.08. The third kappa shape index (κ3) is 2.81. The molecule has 0 aromatic carbocycles. The van der Waals surface area contributed by atoms with Crippen LogP contribution in [0.5, 0.6) is 0 Å². The molecule has 20 heavy (non-hydrogen) atoms. The molecule has 0 bridgehead atoms. The van der Waals surface area contributed by atoms with Gasteiger partial charge in [-0.25, -0.2) is 4.98 Å². The van der Waals surface area contributed by atoms with E-state index in [4.69, 9.17) is 0 Å². The van der Waals surface area contributed by atoms with E-state index in [9.17, 15) is 5.11 Å². The lowest BCUT2D eigenvalue weighted by atomic mass is 10.1. The number of likely N-dealkylation sites (tertiary alicyclic amines) is 1. The maximum Gasteiger partial charge on any atom is 0.134 e. The van der Waals surface area contributed by atoms with Crippen molar-refractivity contribution in [3.63, 3.8) is 0 Å². The highest BCUT2D eigenvalue weighted by atomic mass is 16.3. The predicted octanol–water partition coefficient (Wildman–Crippen LogP) is 2.20. The molecule has 0 amide bonds. The van der Waals surface area contributed by atoms with E-state index in [-0.39, 0.29) is 0 Å². The molecule has 2 atom stereocenters. The van der Waals surface area contributed by atoms with E-state index < -0.39 is 6.10 Å². The van der Waals surface area contributed by atoms with Crippen LogP contribution >= 0.6 is 0 Å². The summed E-state index contributed by atoms with van der Waals surface area (Å²) in [5.41, 5.74) is 0.951. The van der Waals surface area contributed by atoms with Gasteiger partial charge in [-0.2, -0.15) is 0 Å². The van der Waals surface area contributed by atoms with Crippen LogP contribution < -0.4 is 4.90 Å². The van der Waals surface area contributed by atoms with E-state index >= 15 is 0 Å². The summed E-state index contributed by atoms with van der Waals surface area (Å²) in [6.07, 6.45) is 6.68. The van der Waals surface area contributed by atoms with Gasteiger partial charge in [0.15, 0.2) is 0 Å². The van der Waals surface area contributed by atoms with Crippen LogP contribution in [0.2, 0.25) is 0 Å². The number of aliphatic hydroxyl groups excluding tert-OH is 1. The van der Waals surface area contributed by atoms with Crippen molar-refractivity contribution in [1.82, 2.24) is 9.88 Å². The van der Waals surface area contributed by atoms with Crippen LogP contribution in [0, 0.1) is 0 Å². The van der Waals surface area contributed by atoms with E-state index in [1.165, 1.54) is 38.8 Å². The SMILES string of the molecule is C[C@H](O)c1cccnc1N1CCC(N2CCCCC2)C1. The normalized spacial score (nSPS) is 25.9. The Morgan fingerprint density at radius 2 is 2.05 bits per heavy atom. The van der Waals surface area contributed by atoms with Crippen LogP contribution in [0.3, 0.4) is 0 Å². The van der Waals surface area contributed by atoms with Crippen LogP contribution in [-0.2, 0) is 0 Å². The molecule has 110 valence electrons. The molecule has 0 aliphatic carbocycles. The zero-order valence-electron chi connectivity index (χ0n) is 12.3. The Morgan fingerprint density at radius 1 is 1.25 bits per heavy atom. The van der Waals surface area contributed by atoms with Gasteiger partial charge in [0, 0.05) is 30.9 Å². The highest BCUT2D eigenvalue weighted by Gasteiger charge is 2.30. The van der Waals surface area contributed by atoms with Gasteiger partial charge in [-0.15, -0.1) is 0 Å². The zero-order chi connectivity index (χ0) is 13.9. The lowest BCUT2D eigenvalue weighted by Crippen LogP contribution is -2.41. The number of piperidine rings is 1. The average molecular weight is 275 g/mol. The summed E-state index contributed by atoms with van der Waals surface area (Å²) in [5.74, 6) is 0.974. The Hall–Kier alpha value is -1.13. The van der Waals surface area contributed by atoms with Crippen molar-refractivity contribution in [2.45, 2.75) is 44.8 Å². The lowest BCUT2D eigenvalue weighted by Gasteiger charge is -2.32. The first-order valence-corrected chi connectivity index (χ1v) is 7.87. The number of pyridine rings is 1. The lowest BCUT2D eigenvalue weighted by molar-refractivity contribution is 0.174. The standard InChI is InChI=1S/C16H25N3O/c1-13(20)15-6-5-8-17-16(15)19-11-7-14(12-19)18-9-3-2-4-10-18/h5-6,8,13-14,20H,2-4,7,9-12H2,1H3/t13-,14?/m0/s1. The molecule has 1 aromatic rings. The number of hydrogen-bond donors (Lipinski definition) is 1. The first-order valence-electron chi connectivity index (χ1n) is 7.87. The Kier molecular flexibility index (Phi) is 4.22. The molecule has 3 heterocycles. The molecule has 0 saturated carbocycles. The number of rotatable bonds is 3. The Labute approximate surface area is 121 Å². The number of anilines is 1. The molecule has 3 rings (SSSR count). The van der Waals surface area contributed by atoms with Gasteiger partial charge in [-0.1, -0.05) is 12.5 Å². The van der Waals surface area contributed by atoms with Gasteiger partial charge in [0.25, 0.3) is 0 Å². The Morgan fingerprint density at radius 3 is 2.80 bits per heavy atom. The number of hydrogen-bond acceptors (Lipinski definition) is 4. The highest BCUT2D eigenvalue weighted by Crippen LogP contribution is 2.28. The third-order valence-electron chi connectivity index (χ3n) is 4.64. The zero-order valence-corrected chi connectivity index (χ0v) is 12.3. The molecule has 0 radical (unpaired) electrons. The van der Waals surface area contributed by atoms with Crippen LogP contribution in [0.4, 0.5) is 5.82 Å². The first kappa shape index (κ1) is 13.8. The molecule has 1 N–H and O–H groups in total. The molecular weight excluding hydrogens is 250 g/mol. The van der Waals surface area contributed by atoms with Gasteiger partial charge >= 0.3 is 0 Å². The molecule has 2 saturated heterocycles. The smallest absolute Gasteiger partial charge is 0.134 e. The van der Waals surface area contributed by atoms with E-state index in [0.717, 1.165) is 24.5 Å². The minimum Gasteiger partial charge on any atom is -0.389 e. The molecule has 2 aliphatic rings. The second-order valence-electron chi connectivity index (χ2n) is 6.08. The van der Waals surface area contributed by atoms with Crippen molar-refractivity contribution in [3.8, 4) is 0 Å². The maximum atomic E-state index is 9.90. The summed E-state index contributed by atoms with van der Waals surface area (Å²) in [4.78, 5) is 9.50. The van der Waals surface area contributed by atoms with Crippen LogP contribution in [0.1, 0.15) is 44.3 Å². The van der Waals surface area contributed by atoms with Gasteiger partial charge < -0.3 is 10.0 Å². The molecule has 2 aliphatic heterocycles. The van der Waals surface area contributed by atoms with E-state index in [0.29, 0.717) is 6.04 Å². The van der Waals surface area contributed by atoms with E-state index in [1.54, 1.807) is 0 Å². The Balaban J connectivity index is 1.70. The fraction of sp³-hybridized carbons (Fsp3) is 0.688. The van der Waals surface area contributed by atoms with Crippen LogP contribution in [0.25, 0.3) is 0 Å². The number of aliphatic hydroxyl groups is 1. The second kappa shape index (κ2) is 6.10. The number of aromatic nitrogens is 1. The Bertz CT molecular complexity index is 443. The summed E-state index contributed by atoms with van der Waals surface area (Å²) < 4.78 is 0. The van der Waals surface area contributed by atoms with Crippen molar-refractivity contribution in [1.29, 1.82) is 0 Å². The van der Waals surface area contributed by atoms with Gasteiger partial charge in [0.2, 0.25) is 0 Å². The van der Waals surface area contributed by atoms with Gasteiger partial charge in [0.1, 0.15) is 5.82 Å². The summed E-state index contributed by atoms with van der Waals surface area (Å²) in [7, 11) is 0. The summed E-state index contributed by atoms with van der Waals surface area (Å²) in [6.45, 7) is 6.43. The molecule has 1 unspecified atom stereocenters. The fourth-order valence-corrected chi connectivity index (χ4v) is 3.52. The maximum absolute atomic E-state index is 9.90. The molecular formula is C16H25N3O. The van der Waals surface area contributed by atoms with Crippen molar-refractivity contribution >= 4 is 5.82 Å². The molecule has 4 heteroatoms. The quantitative estimate of drug-likeness (QED) is 0.918. The van der Waals surface area contributed by atoms with Crippen molar-refractivity contribution in [3.05, 3.63) is 23.9 Å². The first-order chi connectivity index (χ1) is 9.75. The predicted molar refractivity (Wildman–Crippen MR) is 80.9 cm³/mol. The largest absolute Gasteiger partial charge is 0.389 e. The molecule has 2 fully saturated rings. The summed E-state index contributed by atoms with van der Waals surface area (Å²) in [5, 5.41) is 9.90. The third-order valence-corrected chi connectivity index (χ3v) is 4.64. The van der Waals surface area contributed by atoms with Crippen LogP contribution in [-0.4, -0.2) is 47.2 Å². The summed E-state index contributed by atoms with van der Waals surface area (Å²) in [6, 6.07) is 4.56. The van der Waals surface area contributed by atoms with Crippen molar-refractivity contribution in [2.24, 2.45) is 0 Å². The van der Waals surface area contributed by atoms with Crippen molar-refractivity contribution in [2.75, 3.05) is 31.1 Å². The molecule has 4 nitrogen and oxygen atoms in total. The van der Waals surface area contributed by atoms with E-state index in [2.05, 4.69) is 14.8 Å². The minimum atomic E-state index is -0.451. The van der Waals surface area contributed by atoms with Gasteiger partial charge in [-0.05, 0) is 45.3 Å². The van der Waals surface area contributed by atoms with Gasteiger partial charge in [0.05, 0.1) is 6.10 Å². The molecule has 0 spiro atoms. The highest BCUT2D eigenvalue weighted by molar-refractivity contribution is 5.49. The molecule has 1 aromatic heterocycles. The van der Waals surface area contributed by atoms with E-state index in [1.807, 2.05) is 25.3 Å². The monoisotopic (exact) mass is 275 g/mol.